The molecule has 20 heavy (non-hydrogen) atoms. The van der Waals surface area contributed by atoms with Gasteiger partial charge in [0.2, 0.25) is 5.91 Å². The minimum atomic E-state index is -0.866. The van der Waals surface area contributed by atoms with Crippen molar-refractivity contribution in [3.8, 4) is 0 Å². The average molecular weight is 292 g/mol. The summed E-state index contributed by atoms with van der Waals surface area (Å²) >= 11 is 1.56. The van der Waals surface area contributed by atoms with Crippen LogP contribution in [0.25, 0.3) is 10.9 Å². The number of carbonyl (C=O) groups is 1. The molecule has 1 aromatic heterocycles. The van der Waals surface area contributed by atoms with Gasteiger partial charge < -0.3 is 15.4 Å². The average Bonchev–Trinajstić information content (AvgIpc) is 2.80. The summed E-state index contributed by atoms with van der Waals surface area (Å²) in [6, 6.07) is 7.90. The van der Waals surface area contributed by atoms with E-state index in [1.807, 2.05) is 36.7 Å². The molecule has 0 fully saturated rings. The van der Waals surface area contributed by atoms with Crippen LogP contribution in [-0.2, 0) is 11.2 Å². The Morgan fingerprint density at radius 3 is 2.95 bits per heavy atom. The van der Waals surface area contributed by atoms with E-state index < -0.39 is 5.60 Å². The highest BCUT2D eigenvalue weighted by Crippen LogP contribution is 2.18. The number of H-pyrrole nitrogens is 1. The number of hydrogen-bond donors (Lipinski definition) is 3. The van der Waals surface area contributed by atoms with Crippen LogP contribution in [0.3, 0.4) is 0 Å². The van der Waals surface area contributed by atoms with E-state index in [1.54, 1.807) is 18.7 Å². The summed E-state index contributed by atoms with van der Waals surface area (Å²) in [7, 11) is 0. The van der Waals surface area contributed by atoms with Gasteiger partial charge in [0, 0.05) is 29.4 Å². The monoisotopic (exact) mass is 292 g/mol. The summed E-state index contributed by atoms with van der Waals surface area (Å²) in [5.41, 5.74) is 1.14. The number of aromatic nitrogens is 1. The maximum atomic E-state index is 12.0. The lowest BCUT2D eigenvalue weighted by Crippen LogP contribution is -2.42. The second-order valence-electron chi connectivity index (χ2n) is 5.24. The molecule has 2 rings (SSSR count). The number of aromatic amines is 1. The Bertz CT molecular complexity index is 592. The van der Waals surface area contributed by atoms with Crippen LogP contribution in [0, 0.1) is 0 Å². The Morgan fingerprint density at radius 2 is 2.20 bits per heavy atom. The third kappa shape index (κ3) is 3.77. The van der Waals surface area contributed by atoms with Crippen LogP contribution in [0.1, 0.15) is 12.5 Å². The molecule has 0 radical (unpaired) electrons. The van der Waals surface area contributed by atoms with Crippen molar-refractivity contribution in [3.05, 3.63) is 36.0 Å². The molecule has 0 spiro atoms. The van der Waals surface area contributed by atoms with Gasteiger partial charge in [-0.2, -0.15) is 11.8 Å². The molecule has 0 saturated carbocycles. The summed E-state index contributed by atoms with van der Waals surface area (Å²) in [6.07, 6.45) is 4.12. The third-order valence-electron chi connectivity index (χ3n) is 3.15. The van der Waals surface area contributed by atoms with Crippen molar-refractivity contribution in [2.24, 2.45) is 0 Å². The number of hydrogen-bond acceptors (Lipinski definition) is 3. The molecule has 0 aliphatic rings. The molecule has 5 heteroatoms. The highest BCUT2D eigenvalue weighted by atomic mass is 32.2. The quantitative estimate of drug-likeness (QED) is 0.762. The van der Waals surface area contributed by atoms with E-state index in [4.69, 9.17) is 0 Å². The lowest BCUT2D eigenvalue weighted by Gasteiger charge is -2.22. The first-order chi connectivity index (χ1) is 9.52. The van der Waals surface area contributed by atoms with Crippen molar-refractivity contribution in [3.63, 3.8) is 0 Å². The molecule has 1 unspecified atom stereocenters. The number of para-hydroxylation sites is 1. The number of nitrogens with one attached hydrogen (secondary N) is 2. The number of rotatable bonds is 6. The van der Waals surface area contributed by atoms with E-state index >= 15 is 0 Å². The van der Waals surface area contributed by atoms with Gasteiger partial charge in [-0.1, -0.05) is 18.2 Å². The van der Waals surface area contributed by atoms with Gasteiger partial charge in [0.15, 0.2) is 0 Å². The van der Waals surface area contributed by atoms with Crippen LogP contribution >= 0.6 is 11.8 Å². The Kier molecular flexibility index (Phi) is 4.73. The molecular formula is C15H20N2O2S. The first-order valence-electron chi connectivity index (χ1n) is 6.55. The topological polar surface area (TPSA) is 65.1 Å². The minimum Gasteiger partial charge on any atom is -0.387 e. The van der Waals surface area contributed by atoms with Crippen molar-refractivity contribution >= 4 is 28.6 Å². The van der Waals surface area contributed by atoms with E-state index in [0.717, 1.165) is 16.5 Å². The van der Waals surface area contributed by atoms with Crippen LogP contribution in [0.2, 0.25) is 0 Å². The molecule has 0 bridgehead atoms. The van der Waals surface area contributed by atoms with Crippen molar-refractivity contribution in [1.82, 2.24) is 10.3 Å². The predicted octanol–water partition coefficient (Wildman–Crippen LogP) is 1.94. The van der Waals surface area contributed by atoms with Gasteiger partial charge in [-0.15, -0.1) is 0 Å². The summed E-state index contributed by atoms with van der Waals surface area (Å²) < 4.78 is 0. The van der Waals surface area contributed by atoms with E-state index in [-0.39, 0.29) is 12.5 Å². The van der Waals surface area contributed by atoms with Gasteiger partial charge in [-0.3, -0.25) is 4.79 Å². The zero-order valence-electron chi connectivity index (χ0n) is 11.8. The van der Waals surface area contributed by atoms with Crippen LogP contribution in [-0.4, -0.2) is 40.2 Å². The zero-order valence-corrected chi connectivity index (χ0v) is 12.6. The maximum Gasteiger partial charge on any atom is 0.224 e. The number of fused-ring (bicyclic) bond motifs is 1. The van der Waals surface area contributed by atoms with Gasteiger partial charge in [0.25, 0.3) is 0 Å². The second-order valence-corrected chi connectivity index (χ2v) is 6.11. The highest BCUT2D eigenvalue weighted by molar-refractivity contribution is 7.98. The molecule has 108 valence electrons. The molecular weight excluding hydrogens is 272 g/mol. The normalized spacial score (nSPS) is 14.2. The van der Waals surface area contributed by atoms with E-state index in [2.05, 4.69) is 10.3 Å². The Morgan fingerprint density at radius 1 is 1.45 bits per heavy atom. The van der Waals surface area contributed by atoms with Crippen molar-refractivity contribution in [1.29, 1.82) is 0 Å². The fraction of sp³-hybridized carbons (Fsp3) is 0.400. The smallest absolute Gasteiger partial charge is 0.224 e. The maximum absolute atomic E-state index is 12.0. The standard InChI is InChI=1S/C15H20N2O2S/c1-15(19,10-20-2)9-17-14(18)7-11-8-16-13-6-4-3-5-12(11)13/h3-6,8,16,19H,7,9-10H2,1-2H3,(H,17,18). The zero-order chi connectivity index (χ0) is 14.6. The summed E-state index contributed by atoms with van der Waals surface area (Å²) in [5, 5.41) is 13.9. The van der Waals surface area contributed by atoms with Gasteiger partial charge >= 0.3 is 0 Å². The largest absolute Gasteiger partial charge is 0.387 e. The fourth-order valence-corrected chi connectivity index (χ4v) is 2.89. The predicted molar refractivity (Wildman–Crippen MR) is 84.0 cm³/mol. The number of carbonyl (C=O) groups excluding carboxylic acids is 1. The van der Waals surface area contributed by atoms with Crippen molar-refractivity contribution in [2.45, 2.75) is 18.9 Å². The molecule has 0 saturated heterocycles. The van der Waals surface area contributed by atoms with Crippen LogP contribution in [0.15, 0.2) is 30.5 Å². The Hall–Kier alpha value is -1.46. The molecule has 1 heterocycles. The number of amides is 1. The lowest BCUT2D eigenvalue weighted by molar-refractivity contribution is -0.121. The van der Waals surface area contributed by atoms with E-state index in [0.29, 0.717) is 12.2 Å². The molecule has 2 aromatic rings. The molecule has 0 aliphatic heterocycles. The summed E-state index contributed by atoms with van der Waals surface area (Å²) in [6.45, 7) is 2.00. The Balaban J connectivity index is 1.95. The first kappa shape index (κ1) is 14.9. The number of benzene rings is 1. The second kappa shape index (κ2) is 6.33. The van der Waals surface area contributed by atoms with Gasteiger partial charge in [-0.25, -0.2) is 0 Å². The lowest BCUT2D eigenvalue weighted by atomic mass is 10.1. The van der Waals surface area contributed by atoms with Crippen molar-refractivity contribution in [2.75, 3.05) is 18.6 Å². The first-order valence-corrected chi connectivity index (χ1v) is 7.94. The molecule has 0 aliphatic carbocycles. The van der Waals surface area contributed by atoms with E-state index in [1.165, 1.54) is 0 Å². The number of thioether (sulfide) groups is 1. The van der Waals surface area contributed by atoms with Crippen molar-refractivity contribution < 1.29 is 9.90 Å². The number of aliphatic hydroxyl groups is 1. The Labute approximate surface area is 123 Å². The molecule has 1 amide bonds. The summed E-state index contributed by atoms with van der Waals surface area (Å²) in [4.78, 5) is 15.1. The van der Waals surface area contributed by atoms with Crippen LogP contribution < -0.4 is 5.32 Å². The fourth-order valence-electron chi connectivity index (χ4n) is 2.16. The minimum absolute atomic E-state index is 0.0730. The molecule has 1 aromatic carbocycles. The highest BCUT2D eigenvalue weighted by Gasteiger charge is 2.20. The van der Waals surface area contributed by atoms with Gasteiger partial charge in [-0.05, 0) is 24.8 Å². The summed E-state index contributed by atoms with van der Waals surface area (Å²) in [5.74, 6) is 0.525. The SMILES string of the molecule is CSCC(C)(O)CNC(=O)Cc1c[nH]c2ccccc12. The van der Waals surface area contributed by atoms with E-state index in [9.17, 15) is 9.90 Å². The molecule has 1 atom stereocenters. The van der Waals surface area contributed by atoms with Crippen LogP contribution in [0.5, 0.6) is 0 Å². The molecule has 3 N–H and O–H groups in total. The van der Waals surface area contributed by atoms with Crippen LogP contribution in [0.4, 0.5) is 0 Å². The van der Waals surface area contributed by atoms with Gasteiger partial charge in [0.1, 0.15) is 0 Å². The van der Waals surface area contributed by atoms with Gasteiger partial charge in [0.05, 0.1) is 12.0 Å². The molecule has 4 nitrogen and oxygen atoms in total. The third-order valence-corrected chi connectivity index (χ3v) is 4.06.